The molecule has 0 aromatic carbocycles. The standard InChI is InChI=1S/C15H25N5/c1-5-12-11-14(20(4)18-12)13(16-6-2)7-8-15-17-9-10-19(15)3/h9-11,13,16H,5-8H2,1-4H3. The van der Waals surface area contributed by atoms with E-state index in [1.165, 1.54) is 5.69 Å². The van der Waals surface area contributed by atoms with Crippen LogP contribution in [0.1, 0.15) is 43.5 Å². The van der Waals surface area contributed by atoms with Crippen molar-refractivity contribution in [3.63, 3.8) is 0 Å². The Morgan fingerprint density at radius 2 is 2.10 bits per heavy atom. The molecule has 20 heavy (non-hydrogen) atoms. The second-order valence-electron chi connectivity index (χ2n) is 5.14. The first-order chi connectivity index (χ1) is 9.65. The second-order valence-corrected chi connectivity index (χ2v) is 5.14. The highest BCUT2D eigenvalue weighted by atomic mass is 15.3. The summed E-state index contributed by atoms with van der Waals surface area (Å²) in [6.07, 6.45) is 6.83. The summed E-state index contributed by atoms with van der Waals surface area (Å²) >= 11 is 0. The van der Waals surface area contributed by atoms with Crippen molar-refractivity contribution < 1.29 is 0 Å². The average molecular weight is 275 g/mol. The van der Waals surface area contributed by atoms with Crippen LogP contribution in [0, 0.1) is 0 Å². The van der Waals surface area contributed by atoms with E-state index in [0.29, 0.717) is 6.04 Å². The molecule has 2 aromatic rings. The molecular weight excluding hydrogens is 250 g/mol. The summed E-state index contributed by atoms with van der Waals surface area (Å²) in [6, 6.07) is 2.54. The van der Waals surface area contributed by atoms with Gasteiger partial charge in [0.1, 0.15) is 5.82 Å². The Morgan fingerprint density at radius 1 is 1.30 bits per heavy atom. The van der Waals surface area contributed by atoms with E-state index in [2.05, 4.69) is 39.9 Å². The van der Waals surface area contributed by atoms with Crippen molar-refractivity contribution >= 4 is 0 Å². The smallest absolute Gasteiger partial charge is 0.108 e. The Kier molecular flexibility index (Phi) is 4.95. The quantitative estimate of drug-likeness (QED) is 0.841. The monoisotopic (exact) mass is 275 g/mol. The van der Waals surface area contributed by atoms with E-state index in [9.17, 15) is 0 Å². The van der Waals surface area contributed by atoms with Gasteiger partial charge in [-0.1, -0.05) is 13.8 Å². The summed E-state index contributed by atoms with van der Waals surface area (Å²) in [4.78, 5) is 4.40. The third-order valence-corrected chi connectivity index (χ3v) is 3.71. The number of nitrogens with one attached hydrogen (secondary N) is 1. The van der Waals surface area contributed by atoms with Gasteiger partial charge in [0.2, 0.25) is 0 Å². The van der Waals surface area contributed by atoms with E-state index < -0.39 is 0 Å². The van der Waals surface area contributed by atoms with E-state index in [-0.39, 0.29) is 0 Å². The van der Waals surface area contributed by atoms with Crippen LogP contribution < -0.4 is 5.32 Å². The Morgan fingerprint density at radius 3 is 2.65 bits per heavy atom. The van der Waals surface area contributed by atoms with E-state index in [1.54, 1.807) is 0 Å². The van der Waals surface area contributed by atoms with Crippen molar-refractivity contribution in [2.75, 3.05) is 6.54 Å². The van der Waals surface area contributed by atoms with Crippen molar-refractivity contribution in [1.29, 1.82) is 0 Å². The number of aromatic nitrogens is 4. The maximum Gasteiger partial charge on any atom is 0.108 e. The molecule has 0 saturated heterocycles. The maximum atomic E-state index is 4.55. The largest absolute Gasteiger partial charge is 0.338 e. The predicted molar refractivity (Wildman–Crippen MR) is 80.5 cm³/mol. The van der Waals surface area contributed by atoms with Crippen LogP contribution in [0.15, 0.2) is 18.5 Å². The lowest BCUT2D eigenvalue weighted by Crippen LogP contribution is -2.24. The molecule has 0 radical (unpaired) electrons. The number of nitrogens with zero attached hydrogens (tertiary/aromatic N) is 4. The molecule has 2 aromatic heterocycles. The molecule has 1 N–H and O–H groups in total. The molecule has 0 aliphatic carbocycles. The first-order valence-corrected chi connectivity index (χ1v) is 7.38. The second kappa shape index (κ2) is 6.70. The molecule has 2 heterocycles. The van der Waals surface area contributed by atoms with Crippen molar-refractivity contribution in [3.05, 3.63) is 35.7 Å². The van der Waals surface area contributed by atoms with Gasteiger partial charge in [0.05, 0.1) is 11.4 Å². The number of hydrogen-bond acceptors (Lipinski definition) is 3. The minimum absolute atomic E-state index is 0.328. The zero-order chi connectivity index (χ0) is 14.5. The van der Waals surface area contributed by atoms with Gasteiger partial charge < -0.3 is 9.88 Å². The van der Waals surface area contributed by atoms with Gasteiger partial charge >= 0.3 is 0 Å². The summed E-state index contributed by atoms with van der Waals surface area (Å²) in [7, 11) is 4.07. The summed E-state index contributed by atoms with van der Waals surface area (Å²) < 4.78 is 4.09. The van der Waals surface area contributed by atoms with Gasteiger partial charge in [-0.2, -0.15) is 5.10 Å². The molecule has 0 spiro atoms. The molecular formula is C15H25N5. The van der Waals surface area contributed by atoms with Crippen LogP contribution in [0.25, 0.3) is 0 Å². The van der Waals surface area contributed by atoms with Crippen LogP contribution in [0.4, 0.5) is 0 Å². The molecule has 110 valence electrons. The Balaban J connectivity index is 2.10. The fourth-order valence-corrected chi connectivity index (χ4v) is 2.55. The van der Waals surface area contributed by atoms with Gasteiger partial charge in [0.15, 0.2) is 0 Å². The van der Waals surface area contributed by atoms with Crippen LogP contribution in [-0.2, 0) is 26.9 Å². The first-order valence-electron chi connectivity index (χ1n) is 7.38. The van der Waals surface area contributed by atoms with Crippen molar-refractivity contribution in [3.8, 4) is 0 Å². The minimum Gasteiger partial charge on any atom is -0.338 e. The minimum atomic E-state index is 0.328. The number of aryl methyl sites for hydroxylation is 4. The highest BCUT2D eigenvalue weighted by molar-refractivity contribution is 5.14. The fourth-order valence-electron chi connectivity index (χ4n) is 2.55. The predicted octanol–water partition coefficient (Wildman–Crippen LogP) is 2.00. The van der Waals surface area contributed by atoms with Crippen LogP contribution in [0.2, 0.25) is 0 Å². The lowest BCUT2D eigenvalue weighted by Gasteiger charge is -2.18. The molecule has 0 aliphatic heterocycles. The van der Waals surface area contributed by atoms with Crippen LogP contribution in [0.3, 0.4) is 0 Å². The summed E-state index contributed by atoms with van der Waals surface area (Å²) in [5.41, 5.74) is 2.42. The number of hydrogen-bond donors (Lipinski definition) is 1. The normalized spacial score (nSPS) is 12.8. The molecule has 2 rings (SSSR count). The maximum absolute atomic E-state index is 4.55. The average Bonchev–Trinajstić information content (AvgIpc) is 3.01. The molecule has 1 atom stereocenters. The van der Waals surface area contributed by atoms with Gasteiger partial charge in [0.25, 0.3) is 0 Å². The van der Waals surface area contributed by atoms with Gasteiger partial charge in [-0.05, 0) is 25.5 Å². The molecule has 5 nitrogen and oxygen atoms in total. The molecule has 5 heteroatoms. The Hall–Kier alpha value is -1.62. The third-order valence-electron chi connectivity index (χ3n) is 3.71. The third kappa shape index (κ3) is 3.28. The molecule has 0 saturated carbocycles. The Labute approximate surface area is 121 Å². The van der Waals surface area contributed by atoms with Gasteiger partial charge in [0, 0.05) is 39.0 Å². The summed E-state index contributed by atoms with van der Waals surface area (Å²) in [5.74, 6) is 1.13. The van der Waals surface area contributed by atoms with Crippen molar-refractivity contribution in [1.82, 2.24) is 24.6 Å². The molecule has 0 aliphatic rings. The number of imidazole rings is 1. The SMILES string of the molecule is CCNC(CCc1nccn1C)c1cc(CC)nn1C. The molecule has 1 unspecified atom stereocenters. The van der Waals surface area contributed by atoms with Crippen LogP contribution in [-0.4, -0.2) is 25.9 Å². The highest BCUT2D eigenvalue weighted by Crippen LogP contribution is 2.19. The summed E-state index contributed by atoms with van der Waals surface area (Å²) in [6.45, 7) is 5.24. The Bertz CT molecular complexity index is 540. The topological polar surface area (TPSA) is 47.7 Å². The molecule has 0 amide bonds. The van der Waals surface area contributed by atoms with E-state index in [4.69, 9.17) is 0 Å². The van der Waals surface area contributed by atoms with Crippen molar-refractivity contribution in [2.24, 2.45) is 14.1 Å². The van der Waals surface area contributed by atoms with Gasteiger partial charge in [-0.25, -0.2) is 4.98 Å². The van der Waals surface area contributed by atoms with E-state index >= 15 is 0 Å². The van der Waals surface area contributed by atoms with Gasteiger partial charge in [-0.15, -0.1) is 0 Å². The number of rotatable bonds is 7. The zero-order valence-corrected chi connectivity index (χ0v) is 12.9. The highest BCUT2D eigenvalue weighted by Gasteiger charge is 2.16. The van der Waals surface area contributed by atoms with E-state index in [1.807, 2.05) is 31.2 Å². The first kappa shape index (κ1) is 14.8. The molecule has 0 fully saturated rings. The van der Waals surface area contributed by atoms with Gasteiger partial charge in [-0.3, -0.25) is 4.68 Å². The summed E-state index contributed by atoms with van der Waals surface area (Å²) in [5, 5.41) is 8.11. The molecule has 0 bridgehead atoms. The lowest BCUT2D eigenvalue weighted by atomic mass is 10.1. The lowest BCUT2D eigenvalue weighted by molar-refractivity contribution is 0.473. The zero-order valence-electron chi connectivity index (χ0n) is 12.9. The van der Waals surface area contributed by atoms with E-state index in [0.717, 1.165) is 37.3 Å². The van der Waals surface area contributed by atoms with Crippen LogP contribution in [0.5, 0.6) is 0 Å². The van der Waals surface area contributed by atoms with Crippen molar-refractivity contribution in [2.45, 2.75) is 39.2 Å². The van der Waals surface area contributed by atoms with Crippen LogP contribution >= 0.6 is 0 Å². The fraction of sp³-hybridized carbons (Fsp3) is 0.600.